The van der Waals surface area contributed by atoms with E-state index in [1.54, 1.807) is 19.2 Å². The molecule has 0 saturated carbocycles. The molecule has 1 aromatic heterocycles. The van der Waals surface area contributed by atoms with E-state index in [1.165, 1.54) is 11.3 Å². The van der Waals surface area contributed by atoms with E-state index in [4.69, 9.17) is 16.3 Å². The predicted octanol–water partition coefficient (Wildman–Crippen LogP) is 4.26. The zero-order valence-corrected chi connectivity index (χ0v) is 12.0. The number of methoxy groups -OCH3 is 1. The van der Waals surface area contributed by atoms with Gasteiger partial charge in [0.2, 0.25) is 5.78 Å². The molecular weight excluding hydrogens is 268 g/mol. The highest BCUT2D eigenvalue weighted by molar-refractivity contribution is 7.18. The molecule has 18 heavy (non-hydrogen) atoms. The molecule has 0 radical (unpaired) electrons. The Kier molecular flexibility index (Phi) is 3.73. The maximum absolute atomic E-state index is 12.3. The van der Waals surface area contributed by atoms with Gasteiger partial charge in [-0.15, -0.1) is 11.3 Å². The van der Waals surface area contributed by atoms with Crippen LogP contribution in [0.4, 0.5) is 0 Å². The number of thiophene rings is 1. The van der Waals surface area contributed by atoms with Gasteiger partial charge in [-0.1, -0.05) is 11.6 Å². The third kappa shape index (κ3) is 2.42. The molecule has 0 N–H and O–H groups in total. The largest absolute Gasteiger partial charge is 0.496 e. The molecule has 1 aromatic carbocycles. The summed E-state index contributed by atoms with van der Waals surface area (Å²) in [5.74, 6) is 0.830. The van der Waals surface area contributed by atoms with Gasteiger partial charge in [0.15, 0.2) is 0 Å². The molecule has 0 unspecified atom stereocenters. The van der Waals surface area contributed by atoms with Crippen molar-refractivity contribution in [3.05, 3.63) is 50.2 Å². The van der Waals surface area contributed by atoms with Crippen molar-refractivity contribution in [2.45, 2.75) is 13.8 Å². The van der Waals surface area contributed by atoms with Crippen LogP contribution in [0, 0.1) is 13.8 Å². The van der Waals surface area contributed by atoms with Gasteiger partial charge in [0.1, 0.15) is 5.75 Å². The van der Waals surface area contributed by atoms with Crippen molar-refractivity contribution in [1.82, 2.24) is 0 Å². The van der Waals surface area contributed by atoms with Crippen molar-refractivity contribution in [2.75, 3.05) is 7.11 Å². The highest BCUT2D eigenvalue weighted by atomic mass is 35.5. The first kappa shape index (κ1) is 13.1. The lowest BCUT2D eigenvalue weighted by molar-refractivity contribution is 0.104. The summed E-state index contributed by atoms with van der Waals surface area (Å²) in [4.78, 5) is 12.9. The average molecular weight is 281 g/mol. The minimum Gasteiger partial charge on any atom is -0.496 e. The minimum absolute atomic E-state index is 0.000697. The molecular formula is C14H13ClO2S. The summed E-state index contributed by atoms with van der Waals surface area (Å²) < 4.78 is 5.92. The summed E-state index contributed by atoms with van der Waals surface area (Å²) in [7, 11) is 1.63. The van der Waals surface area contributed by atoms with Crippen molar-refractivity contribution in [3.63, 3.8) is 0 Å². The first-order valence-corrected chi connectivity index (χ1v) is 6.67. The Morgan fingerprint density at radius 3 is 2.28 bits per heavy atom. The quantitative estimate of drug-likeness (QED) is 0.786. The summed E-state index contributed by atoms with van der Waals surface area (Å²) in [6.07, 6.45) is 0. The maximum Gasteiger partial charge on any atom is 0.203 e. The van der Waals surface area contributed by atoms with E-state index < -0.39 is 0 Å². The third-order valence-electron chi connectivity index (χ3n) is 2.72. The molecule has 0 aliphatic heterocycles. The van der Waals surface area contributed by atoms with E-state index in [0.29, 0.717) is 14.8 Å². The summed E-state index contributed by atoms with van der Waals surface area (Å²) in [6.45, 7) is 3.87. The molecule has 4 heteroatoms. The second kappa shape index (κ2) is 5.12. The van der Waals surface area contributed by atoms with Crippen molar-refractivity contribution >= 4 is 28.7 Å². The van der Waals surface area contributed by atoms with Crippen molar-refractivity contribution in [2.24, 2.45) is 0 Å². The SMILES string of the molecule is COc1c(C)cc(C(=O)c2ccc(Cl)s2)cc1C. The molecule has 0 spiro atoms. The lowest BCUT2D eigenvalue weighted by atomic mass is 10.0. The topological polar surface area (TPSA) is 26.3 Å². The number of hydrogen-bond donors (Lipinski definition) is 0. The summed E-state index contributed by atoms with van der Waals surface area (Å²) in [6, 6.07) is 7.19. The Morgan fingerprint density at radius 2 is 1.83 bits per heavy atom. The third-order valence-corrected chi connectivity index (χ3v) is 3.95. The Labute approximate surface area is 115 Å². The number of halogens is 1. The van der Waals surface area contributed by atoms with Gasteiger partial charge in [0.25, 0.3) is 0 Å². The van der Waals surface area contributed by atoms with Crippen LogP contribution in [0.15, 0.2) is 24.3 Å². The van der Waals surface area contributed by atoms with E-state index >= 15 is 0 Å². The van der Waals surface area contributed by atoms with Gasteiger partial charge in [0.05, 0.1) is 16.3 Å². The monoisotopic (exact) mass is 280 g/mol. The van der Waals surface area contributed by atoms with Crippen LogP contribution in [-0.4, -0.2) is 12.9 Å². The standard InChI is InChI=1S/C14H13ClO2S/c1-8-6-10(7-9(2)14(8)17-3)13(16)11-4-5-12(15)18-11/h4-7H,1-3H3. The number of rotatable bonds is 3. The van der Waals surface area contributed by atoms with E-state index in [-0.39, 0.29) is 5.78 Å². The first-order valence-electron chi connectivity index (χ1n) is 5.48. The fourth-order valence-electron chi connectivity index (χ4n) is 1.98. The van der Waals surface area contributed by atoms with Gasteiger partial charge in [0, 0.05) is 5.56 Å². The second-order valence-electron chi connectivity index (χ2n) is 4.08. The molecule has 0 aliphatic carbocycles. The summed E-state index contributed by atoms with van der Waals surface area (Å²) >= 11 is 7.15. The zero-order valence-electron chi connectivity index (χ0n) is 10.4. The summed E-state index contributed by atoms with van der Waals surface area (Å²) in [5, 5.41) is 0. The second-order valence-corrected chi connectivity index (χ2v) is 5.79. The van der Waals surface area contributed by atoms with E-state index in [2.05, 4.69) is 0 Å². The Morgan fingerprint density at radius 1 is 1.22 bits per heavy atom. The fraction of sp³-hybridized carbons (Fsp3) is 0.214. The number of hydrogen-bond acceptors (Lipinski definition) is 3. The smallest absolute Gasteiger partial charge is 0.203 e. The molecule has 0 atom stereocenters. The predicted molar refractivity (Wildman–Crippen MR) is 75.2 cm³/mol. The number of ketones is 1. The van der Waals surface area contributed by atoms with Crippen molar-refractivity contribution < 1.29 is 9.53 Å². The van der Waals surface area contributed by atoms with Gasteiger partial charge in [-0.05, 0) is 49.2 Å². The lowest BCUT2D eigenvalue weighted by Crippen LogP contribution is -2.01. The van der Waals surface area contributed by atoms with Gasteiger partial charge in [-0.2, -0.15) is 0 Å². The molecule has 2 nitrogen and oxygen atoms in total. The average Bonchev–Trinajstić information content (AvgIpc) is 2.74. The van der Waals surface area contributed by atoms with E-state index in [9.17, 15) is 4.79 Å². The van der Waals surface area contributed by atoms with Crippen LogP contribution in [-0.2, 0) is 0 Å². The number of aryl methyl sites for hydroxylation is 2. The highest BCUT2D eigenvalue weighted by Crippen LogP contribution is 2.28. The van der Waals surface area contributed by atoms with Crippen LogP contribution in [0.5, 0.6) is 5.75 Å². The fourth-order valence-corrected chi connectivity index (χ4v) is 2.99. The first-order chi connectivity index (χ1) is 8.52. The molecule has 0 amide bonds. The van der Waals surface area contributed by atoms with Crippen LogP contribution >= 0.6 is 22.9 Å². The molecule has 2 rings (SSSR count). The minimum atomic E-state index is 0.000697. The number of ether oxygens (including phenoxy) is 1. The number of carbonyl (C=O) groups excluding carboxylic acids is 1. The van der Waals surface area contributed by atoms with Crippen molar-refractivity contribution in [3.8, 4) is 5.75 Å². The van der Waals surface area contributed by atoms with Gasteiger partial charge < -0.3 is 4.74 Å². The molecule has 0 bridgehead atoms. The lowest BCUT2D eigenvalue weighted by Gasteiger charge is -2.10. The zero-order chi connectivity index (χ0) is 13.3. The maximum atomic E-state index is 12.3. The van der Waals surface area contributed by atoms with E-state index in [1.807, 2.05) is 26.0 Å². The Hall–Kier alpha value is -1.32. The molecule has 0 fully saturated rings. The van der Waals surface area contributed by atoms with Gasteiger partial charge in [-0.25, -0.2) is 0 Å². The number of carbonyl (C=O) groups is 1. The normalized spacial score (nSPS) is 10.4. The molecule has 94 valence electrons. The Balaban J connectivity index is 2.43. The Bertz CT molecular complexity index is 579. The molecule has 1 heterocycles. The molecule has 0 saturated heterocycles. The van der Waals surface area contributed by atoms with Crippen LogP contribution in [0.25, 0.3) is 0 Å². The van der Waals surface area contributed by atoms with Crippen LogP contribution in [0.2, 0.25) is 4.34 Å². The van der Waals surface area contributed by atoms with Crippen LogP contribution < -0.4 is 4.74 Å². The highest BCUT2D eigenvalue weighted by Gasteiger charge is 2.14. The van der Waals surface area contributed by atoms with Crippen LogP contribution in [0.3, 0.4) is 0 Å². The van der Waals surface area contributed by atoms with Gasteiger partial charge in [-0.3, -0.25) is 4.79 Å². The molecule has 0 aliphatic rings. The summed E-state index contributed by atoms with van der Waals surface area (Å²) in [5.41, 5.74) is 2.59. The molecule has 2 aromatic rings. The van der Waals surface area contributed by atoms with E-state index in [0.717, 1.165) is 16.9 Å². The van der Waals surface area contributed by atoms with Gasteiger partial charge >= 0.3 is 0 Å². The van der Waals surface area contributed by atoms with Crippen LogP contribution in [0.1, 0.15) is 26.4 Å². The van der Waals surface area contributed by atoms with Crippen molar-refractivity contribution in [1.29, 1.82) is 0 Å². The number of benzene rings is 1.